The van der Waals surface area contributed by atoms with E-state index in [1.54, 1.807) is 0 Å². The molecule has 18 heavy (non-hydrogen) atoms. The van der Waals surface area contributed by atoms with E-state index >= 15 is 0 Å². The normalized spacial score (nSPS) is 19.0. The summed E-state index contributed by atoms with van der Waals surface area (Å²) < 4.78 is 0. The lowest BCUT2D eigenvalue weighted by molar-refractivity contribution is 0.201. The zero-order valence-electron chi connectivity index (χ0n) is 11.8. The summed E-state index contributed by atoms with van der Waals surface area (Å²) in [6.45, 7) is 11.8. The van der Waals surface area contributed by atoms with Crippen LogP contribution >= 0.6 is 0 Å². The summed E-state index contributed by atoms with van der Waals surface area (Å²) in [5.41, 5.74) is 9.93. The van der Waals surface area contributed by atoms with Crippen molar-refractivity contribution in [2.75, 3.05) is 37.6 Å². The summed E-state index contributed by atoms with van der Waals surface area (Å²) in [7, 11) is 0. The molecule has 100 valence electrons. The molecule has 0 spiro atoms. The topological polar surface area (TPSA) is 32.5 Å². The predicted octanol–water partition coefficient (Wildman–Crippen LogP) is 1.77. The van der Waals surface area contributed by atoms with Gasteiger partial charge in [0.1, 0.15) is 0 Å². The summed E-state index contributed by atoms with van der Waals surface area (Å²) in [6.07, 6.45) is 0. The van der Waals surface area contributed by atoms with Gasteiger partial charge in [-0.25, -0.2) is 0 Å². The quantitative estimate of drug-likeness (QED) is 0.883. The predicted molar refractivity (Wildman–Crippen MR) is 78.2 cm³/mol. The van der Waals surface area contributed by atoms with E-state index in [1.165, 1.54) is 16.8 Å². The van der Waals surface area contributed by atoms with Crippen molar-refractivity contribution >= 4 is 5.69 Å². The van der Waals surface area contributed by atoms with Crippen LogP contribution in [0.3, 0.4) is 0 Å². The molecule has 0 amide bonds. The van der Waals surface area contributed by atoms with Gasteiger partial charge in [-0.05, 0) is 38.0 Å². The third-order valence-electron chi connectivity index (χ3n) is 4.20. The van der Waals surface area contributed by atoms with Crippen LogP contribution in [-0.2, 0) is 0 Å². The first kappa shape index (κ1) is 13.4. The van der Waals surface area contributed by atoms with Gasteiger partial charge in [-0.2, -0.15) is 0 Å². The van der Waals surface area contributed by atoms with Crippen LogP contribution in [-0.4, -0.2) is 43.7 Å². The largest absolute Gasteiger partial charge is 0.369 e. The van der Waals surface area contributed by atoms with Crippen molar-refractivity contribution in [3.8, 4) is 0 Å². The highest BCUT2D eigenvalue weighted by Gasteiger charge is 2.21. The molecular weight excluding hydrogens is 222 g/mol. The first-order chi connectivity index (χ1) is 8.63. The van der Waals surface area contributed by atoms with E-state index in [1.807, 2.05) is 0 Å². The fraction of sp³-hybridized carbons (Fsp3) is 0.600. The number of nitrogens with two attached hydrogens (primary N) is 1. The molecule has 2 rings (SSSR count). The number of hydrogen-bond acceptors (Lipinski definition) is 3. The molecule has 0 aliphatic carbocycles. The summed E-state index contributed by atoms with van der Waals surface area (Å²) in [5, 5.41) is 0. The Morgan fingerprint density at radius 3 is 2.44 bits per heavy atom. The second-order valence-corrected chi connectivity index (χ2v) is 5.33. The SMILES string of the molecule is Cc1cccc(N2CCN(C(C)CN)CC2)c1C. The lowest BCUT2D eigenvalue weighted by Gasteiger charge is -2.39. The number of hydrogen-bond donors (Lipinski definition) is 1. The zero-order chi connectivity index (χ0) is 13.1. The summed E-state index contributed by atoms with van der Waals surface area (Å²) in [5.74, 6) is 0. The van der Waals surface area contributed by atoms with Crippen molar-refractivity contribution in [3.63, 3.8) is 0 Å². The second kappa shape index (κ2) is 5.72. The van der Waals surface area contributed by atoms with Crippen molar-refractivity contribution in [1.82, 2.24) is 4.90 Å². The molecule has 1 aromatic carbocycles. The highest BCUT2D eigenvalue weighted by Crippen LogP contribution is 2.24. The molecule has 0 bridgehead atoms. The first-order valence-electron chi connectivity index (χ1n) is 6.88. The van der Waals surface area contributed by atoms with Crippen molar-refractivity contribution in [2.24, 2.45) is 5.73 Å². The molecule has 3 nitrogen and oxygen atoms in total. The molecule has 2 N–H and O–H groups in total. The van der Waals surface area contributed by atoms with Gasteiger partial charge in [0, 0.05) is 44.5 Å². The van der Waals surface area contributed by atoms with Crippen LogP contribution in [0, 0.1) is 13.8 Å². The summed E-state index contributed by atoms with van der Waals surface area (Å²) >= 11 is 0. The van der Waals surface area contributed by atoms with Crippen LogP contribution in [0.1, 0.15) is 18.1 Å². The molecule has 1 aliphatic heterocycles. The van der Waals surface area contributed by atoms with Gasteiger partial charge in [-0.1, -0.05) is 12.1 Å². The Morgan fingerprint density at radius 2 is 1.83 bits per heavy atom. The fourth-order valence-electron chi connectivity index (χ4n) is 2.63. The van der Waals surface area contributed by atoms with Crippen LogP contribution in [0.2, 0.25) is 0 Å². The fourth-order valence-corrected chi connectivity index (χ4v) is 2.63. The number of piperazine rings is 1. The van der Waals surface area contributed by atoms with Crippen LogP contribution in [0.4, 0.5) is 5.69 Å². The van der Waals surface area contributed by atoms with Crippen LogP contribution in [0.5, 0.6) is 0 Å². The Bertz CT molecular complexity index is 395. The van der Waals surface area contributed by atoms with Crippen molar-refractivity contribution < 1.29 is 0 Å². The van der Waals surface area contributed by atoms with Gasteiger partial charge in [-0.3, -0.25) is 4.90 Å². The third kappa shape index (κ3) is 2.68. The standard InChI is InChI=1S/C15H25N3/c1-12-5-4-6-15(14(12)3)18-9-7-17(8-10-18)13(2)11-16/h4-6,13H,7-11,16H2,1-3H3. The number of anilines is 1. The maximum absolute atomic E-state index is 5.74. The van der Waals surface area contributed by atoms with Crippen LogP contribution in [0.25, 0.3) is 0 Å². The van der Waals surface area contributed by atoms with Crippen molar-refractivity contribution in [3.05, 3.63) is 29.3 Å². The average Bonchev–Trinajstić information content (AvgIpc) is 2.41. The van der Waals surface area contributed by atoms with Gasteiger partial charge in [0.05, 0.1) is 0 Å². The molecule has 0 aromatic heterocycles. The van der Waals surface area contributed by atoms with E-state index in [4.69, 9.17) is 5.73 Å². The Labute approximate surface area is 111 Å². The summed E-state index contributed by atoms with van der Waals surface area (Å²) in [4.78, 5) is 4.99. The molecule has 1 aliphatic rings. The van der Waals surface area contributed by atoms with Gasteiger partial charge < -0.3 is 10.6 Å². The van der Waals surface area contributed by atoms with E-state index in [0.717, 1.165) is 32.7 Å². The molecular formula is C15H25N3. The number of aryl methyl sites for hydroxylation is 1. The molecule has 1 aromatic rings. The lowest BCUT2D eigenvalue weighted by atomic mass is 10.1. The Kier molecular flexibility index (Phi) is 4.25. The highest BCUT2D eigenvalue weighted by atomic mass is 15.3. The van der Waals surface area contributed by atoms with Crippen LogP contribution in [0.15, 0.2) is 18.2 Å². The van der Waals surface area contributed by atoms with Crippen molar-refractivity contribution in [1.29, 1.82) is 0 Å². The maximum atomic E-state index is 5.74. The van der Waals surface area contributed by atoms with E-state index in [-0.39, 0.29) is 0 Å². The van der Waals surface area contributed by atoms with Crippen LogP contribution < -0.4 is 10.6 Å². The monoisotopic (exact) mass is 247 g/mol. The minimum Gasteiger partial charge on any atom is -0.369 e. The molecule has 3 heteroatoms. The molecule has 1 unspecified atom stereocenters. The Morgan fingerprint density at radius 1 is 1.17 bits per heavy atom. The molecule has 1 heterocycles. The van der Waals surface area contributed by atoms with Gasteiger partial charge in [-0.15, -0.1) is 0 Å². The number of benzene rings is 1. The minimum absolute atomic E-state index is 0.505. The highest BCUT2D eigenvalue weighted by molar-refractivity contribution is 5.56. The van der Waals surface area contributed by atoms with Crippen molar-refractivity contribution in [2.45, 2.75) is 26.8 Å². The smallest absolute Gasteiger partial charge is 0.0399 e. The maximum Gasteiger partial charge on any atom is 0.0399 e. The second-order valence-electron chi connectivity index (χ2n) is 5.33. The van der Waals surface area contributed by atoms with Gasteiger partial charge in [0.25, 0.3) is 0 Å². The number of rotatable bonds is 3. The third-order valence-corrected chi connectivity index (χ3v) is 4.20. The first-order valence-corrected chi connectivity index (χ1v) is 6.88. The molecule has 0 radical (unpaired) electrons. The van der Waals surface area contributed by atoms with Gasteiger partial charge in [0.15, 0.2) is 0 Å². The Balaban J connectivity index is 2.03. The average molecular weight is 247 g/mol. The number of nitrogens with zero attached hydrogens (tertiary/aromatic N) is 2. The molecule has 1 fully saturated rings. The van der Waals surface area contributed by atoms with E-state index in [0.29, 0.717) is 6.04 Å². The summed E-state index contributed by atoms with van der Waals surface area (Å²) in [6, 6.07) is 7.09. The molecule has 0 saturated carbocycles. The Hall–Kier alpha value is -1.06. The van der Waals surface area contributed by atoms with E-state index in [9.17, 15) is 0 Å². The molecule has 1 atom stereocenters. The van der Waals surface area contributed by atoms with Gasteiger partial charge in [0.2, 0.25) is 0 Å². The molecule has 1 saturated heterocycles. The van der Waals surface area contributed by atoms with Gasteiger partial charge >= 0.3 is 0 Å². The van der Waals surface area contributed by atoms with E-state index in [2.05, 4.69) is 48.8 Å². The zero-order valence-corrected chi connectivity index (χ0v) is 11.8. The lowest BCUT2D eigenvalue weighted by Crippen LogP contribution is -2.51. The van der Waals surface area contributed by atoms with E-state index < -0.39 is 0 Å². The minimum atomic E-state index is 0.505.